The summed E-state index contributed by atoms with van der Waals surface area (Å²) < 4.78 is 7.34. The molecule has 0 bridgehead atoms. The van der Waals surface area contributed by atoms with E-state index in [2.05, 4.69) is 19.9 Å². The van der Waals surface area contributed by atoms with Crippen LogP contribution in [0, 0.1) is 13.8 Å². The van der Waals surface area contributed by atoms with Crippen molar-refractivity contribution in [1.29, 1.82) is 0 Å². The second-order valence-corrected chi connectivity index (χ2v) is 7.58. The van der Waals surface area contributed by atoms with E-state index in [1.54, 1.807) is 21.0 Å². The molecule has 1 amide bonds. The highest BCUT2D eigenvalue weighted by Crippen LogP contribution is 2.27. The first-order chi connectivity index (χ1) is 13.5. The van der Waals surface area contributed by atoms with E-state index in [9.17, 15) is 9.59 Å². The molecule has 0 aliphatic carbocycles. The molecular weight excluding hydrogens is 376 g/mol. The first-order valence-corrected chi connectivity index (χ1v) is 9.70. The van der Waals surface area contributed by atoms with Crippen LogP contribution >= 0.6 is 11.3 Å². The average molecular weight is 396 g/mol. The van der Waals surface area contributed by atoms with Crippen LogP contribution < -0.4 is 15.6 Å². The number of nitrogens with one attached hydrogen (secondary N) is 2. The smallest absolute Gasteiger partial charge is 0.261 e. The zero-order chi connectivity index (χ0) is 19.8. The lowest BCUT2D eigenvalue weighted by atomic mass is 10.2. The van der Waals surface area contributed by atoms with Crippen molar-refractivity contribution in [1.82, 2.24) is 19.9 Å². The van der Waals surface area contributed by atoms with Crippen LogP contribution in [0.2, 0.25) is 0 Å². The maximum atomic E-state index is 12.6. The lowest BCUT2D eigenvalue weighted by Crippen LogP contribution is -2.27. The summed E-state index contributed by atoms with van der Waals surface area (Å²) in [5.41, 5.74) is 1.55. The van der Waals surface area contributed by atoms with Gasteiger partial charge < -0.3 is 19.6 Å². The van der Waals surface area contributed by atoms with Gasteiger partial charge in [0, 0.05) is 30.2 Å². The van der Waals surface area contributed by atoms with Gasteiger partial charge in [-0.25, -0.2) is 4.98 Å². The summed E-state index contributed by atoms with van der Waals surface area (Å²) in [6.07, 6.45) is 1.99. The number of ether oxygens (including phenoxy) is 1. The van der Waals surface area contributed by atoms with Crippen molar-refractivity contribution in [3.63, 3.8) is 0 Å². The number of benzene rings is 1. The van der Waals surface area contributed by atoms with Gasteiger partial charge in [-0.2, -0.15) is 0 Å². The molecule has 0 saturated heterocycles. The largest absolute Gasteiger partial charge is 0.497 e. The van der Waals surface area contributed by atoms with Crippen molar-refractivity contribution in [2.24, 2.45) is 0 Å². The predicted octanol–water partition coefficient (Wildman–Crippen LogP) is 2.99. The molecule has 7 nitrogen and oxygen atoms in total. The van der Waals surface area contributed by atoms with Crippen LogP contribution in [0.3, 0.4) is 0 Å². The number of carbonyl (C=O) groups is 1. The number of hydrogen-bond donors (Lipinski definition) is 2. The van der Waals surface area contributed by atoms with E-state index in [1.807, 2.05) is 30.5 Å². The fourth-order valence-electron chi connectivity index (χ4n) is 3.34. The molecule has 1 aromatic carbocycles. The Hall–Kier alpha value is -3.13. The van der Waals surface area contributed by atoms with Crippen molar-refractivity contribution >= 4 is 38.4 Å². The number of carbonyl (C=O) groups excluding carboxylic acids is 1. The molecule has 2 N–H and O–H groups in total. The summed E-state index contributed by atoms with van der Waals surface area (Å²) in [7, 11) is 1.65. The lowest BCUT2D eigenvalue weighted by Gasteiger charge is -2.08. The van der Waals surface area contributed by atoms with Crippen molar-refractivity contribution < 1.29 is 9.53 Å². The molecule has 0 aliphatic heterocycles. The highest BCUT2D eigenvalue weighted by molar-refractivity contribution is 7.20. The molecule has 144 valence electrons. The lowest BCUT2D eigenvalue weighted by molar-refractivity contribution is 0.0956. The second-order valence-electron chi connectivity index (χ2n) is 6.58. The minimum Gasteiger partial charge on any atom is -0.497 e. The Bertz CT molecular complexity index is 1250. The third-order valence-electron chi connectivity index (χ3n) is 4.74. The van der Waals surface area contributed by atoms with E-state index in [0.29, 0.717) is 39.6 Å². The summed E-state index contributed by atoms with van der Waals surface area (Å²) >= 11 is 1.25. The van der Waals surface area contributed by atoms with Gasteiger partial charge in [-0.1, -0.05) is 0 Å². The van der Waals surface area contributed by atoms with E-state index in [-0.39, 0.29) is 11.5 Å². The summed E-state index contributed by atoms with van der Waals surface area (Å²) in [4.78, 5) is 33.0. The van der Waals surface area contributed by atoms with Crippen LogP contribution in [-0.2, 0) is 6.54 Å². The van der Waals surface area contributed by atoms with Crippen LogP contribution in [0.25, 0.3) is 21.1 Å². The Morgan fingerprint density at radius 2 is 2.14 bits per heavy atom. The third kappa shape index (κ3) is 3.16. The van der Waals surface area contributed by atoms with Gasteiger partial charge in [-0.15, -0.1) is 11.3 Å². The van der Waals surface area contributed by atoms with Gasteiger partial charge in [0.15, 0.2) is 0 Å². The van der Waals surface area contributed by atoms with Gasteiger partial charge in [-0.3, -0.25) is 9.59 Å². The molecule has 0 radical (unpaired) electrons. The number of methoxy groups -OCH3 is 1. The number of H-pyrrole nitrogens is 1. The van der Waals surface area contributed by atoms with Gasteiger partial charge in [0.2, 0.25) is 0 Å². The molecular formula is C20H20N4O3S. The highest BCUT2D eigenvalue weighted by Gasteiger charge is 2.18. The Balaban J connectivity index is 1.49. The van der Waals surface area contributed by atoms with Crippen molar-refractivity contribution in [2.75, 3.05) is 13.7 Å². The van der Waals surface area contributed by atoms with Gasteiger partial charge in [0.05, 0.1) is 17.4 Å². The second kappa shape index (κ2) is 7.12. The summed E-state index contributed by atoms with van der Waals surface area (Å²) in [5, 5.41) is 4.53. The maximum absolute atomic E-state index is 12.6. The molecule has 3 aromatic heterocycles. The first kappa shape index (κ1) is 18.2. The van der Waals surface area contributed by atoms with Crippen molar-refractivity contribution in [2.45, 2.75) is 20.4 Å². The Morgan fingerprint density at radius 3 is 2.93 bits per heavy atom. The molecule has 0 unspecified atom stereocenters. The standard InChI is InChI=1S/C20H20N4O3S/c1-11-16-18(25)22-12(2)23-20(16)28-17(11)19(26)21-7-9-24-8-6-13-10-14(27-3)4-5-15(13)24/h4-6,8,10H,7,9H2,1-3H3,(H,21,26)(H,22,23,25). The zero-order valence-electron chi connectivity index (χ0n) is 15.8. The molecule has 3 heterocycles. The minimum absolute atomic E-state index is 0.185. The van der Waals surface area contributed by atoms with Crippen LogP contribution in [0.4, 0.5) is 0 Å². The fraction of sp³-hybridized carbons (Fsp3) is 0.250. The normalized spacial score (nSPS) is 11.2. The number of hydrogen-bond acceptors (Lipinski definition) is 5. The maximum Gasteiger partial charge on any atom is 0.261 e. The van der Waals surface area contributed by atoms with E-state index >= 15 is 0 Å². The van der Waals surface area contributed by atoms with E-state index in [0.717, 1.165) is 16.7 Å². The third-order valence-corrected chi connectivity index (χ3v) is 5.93. The van der Waals surface area contributed by atoms with Crippen molar-refractivity contribution in [3.05, 3.63) is 57.1 Å². The van der Waals surface area contributed by atoms with Crippen molar-refractivity contribution in [3.8, 4) is 5.75 Å². The van der Waals surface area contributed by atoms with Gasteiger partial charge in [-0.05, 0) is 43.7 Å². The molecule has 0 atom stereocenters. The van der Waals surface area contributed by atoms with E-state index < -0.39 is 0 Å². The summed E-state index contributed by atoms with van der Waals surface area (Å²) in [6, 6.07) is 7.94. The number of rotatable bonds is 5. The number of fused-ring (bicyclic) bond motifs is 2. The monoisotopic (exact) mass is 396 g/mol. The minimum atomic E-state index is -0.204. The Morgan fingerprint density at radius 1 is 1.32 bits per heavy atom. The van der Waals surface area contributed by atoms with Crippen LogP contribution in [0.1, 0.15) is 21.1 Å². The summed E-state index contributed by atoms with van der Waals surface area (Å²) in [5.74, 6) is 1.18. The predicted molar refractivity (Wildman–Crippen MR) is 111 cm³/mol. The topological polar surface area (TPSA) is 89.0 Å². The van der Waals surface area contributed by atoms with Gasteiger partial charge in [0.25, 0.3) is 11.5 Å². The number of amides is 1. The van der Waals surface area contributed by atoms with Crippen LogP contribution in [0.15, 0.2) is 35.3 Å². The quantitative estimate of drug-likeness (QED) is 0.543. The van der Waals surface area contributed by atoms with E-state index in [1.165, 1.54) is 11.3 Å². The summed E-state index contributed by atoms with van der Waals surface area (Å²) in [6.45, 7) is 4.63. The molecule has 0 fully saturated rings. The number of aromatic nitrogens is 3. The highest BCUT2D eigenvalue weighted by atomic mass is 32.1. The molecule has 4 rings (SSSR count). The molecule has 0 spiro atoms. The molecule has 28 heavy (non-hydrogen) atoms. The molecule has 4 aromatic rings. The van der Waals surface area contributed by atoms with Gasteiger partial charge >= 0.3 is 0 Å². The van der Waals surface area contributed by atoms with Crippen LogP contribution in [-0.4, -0.2) is 34.1 Å². The SMILES string of the molecule is COc1ccc2c(ccn2CCNC(=O)c2sc3nc(C)[nH]c(=O)c3c2C)c1. The molecule has 0 aliphatic rings. The van der Waals surface area contributed by atoms with Gasteiger partial charge in [0.1, 0.15) is 16.4 Å². The number of thiophene rings is 1. The number of aromatic amines is 1. The first-order valence-electron chi connectivity index (χ1n) is 8.89. The zero-order valence-corrected chi connectivity index (χ0v) is 16.6. The van der Waals surface area contributed by atoms with Crippen LogP contribution in [0.5, 0.6) is 5.75 Å². The number of aryl methyl sites for hydroxylation is 2. The molecule has 8 heteroatoms. The molecule has 0 saturated carbocycles. The fourth-order valence-corrected chi connectivity index (χ4v) is 4.48. The van der Waals surface area contributed by atoms with E-state index in [4.69, 9.17) is 4.74 Å². The average Bonchev–Trinajstić information content (AvgIpc) is 3.22. The Kier molecular flexibility index (Phi) is 4.64. The Labute approximate surface area is 165 Å². The number of nitrogens with zero attached hydrogens (tertiary/aromatic N) is 2.